The topological polar surface area (TPSA) is 514 Å². The highest BCUT2D eigenvalue weighted by Gasteiger charge is 2.77. The Morgan fingerprint density at radius 2 is 0.649 bits per heavy atom. The van der Waals surface area contributed by atoms with Gasteiger partial charge in [-0.25, -0.2) is 14.4 Å². The SMILES string of the molecule is CN1CCC23c4c5ccc(O)c4OC2C(OC(=O)CCNC(=O)C(O)c2ccccc2)=CC[C@@]3(O)[C@H]1C5.CN1CCC23c4c5ccc(O)c4OC2C(OC(=O)CCNC(=O)[C@@H](O)c2ccccc2)=CC[C@@]3(O)[C@H]1C5.CN1CCC23c4c5ccc(O)c4OC2C(OC(=O)[C@@H](OC(=O)CCN)c2ccccc2)=CC[C@@]3(O)[C@H]1C5.C[C@H](OC(=O)[C@@H](O)c1ccccc1)C(=O)OC1=CC[C@@]2(O)[C@H]3Cc4ccc(O)c5c4C2(CCN3C)C1O5. The molecule has 9 unspecified atom stereocenters. The maximum absolute atomic E-state index is 13.5. The lowest BCUT2D eigenvalue weighted by molar-refractivity contribution is -0.178. The van der Waals surface area contributed by atoms with Crippen molar-refractivity contribution >= 4 is 47.6 Å². The molecule has 8 aromatic carbocycles. The highest BCUT2D eigenvalue weighted by Crippen LogP contribution is 2.71. The number of esters is 6. The normalized spacial score (nSPS) is 30.2. The van der Waals surface area contributed by atoms with E-state index < -0.39 is 147 Å². The molecule has 8 bridgehead atoms. The van der Waals surface area contributed by atoms with Crippen molar-refractivity contribution in [3.8, 4) is 46.0 Å². The molecular formula is C112H119N7O29. The Morgan fingerprint density at radius 1 is 0.365 bits per heavy atom. The van der Waals surface area contributed by atoms with Crippen molar-refractivity contribution in [3.63, 3.8) is 0 Å². The zero-order chi connectivity index (χ0) is 104. The van der Waals surface area contributed by atoms with Crippen LogP contribution in [0, 0.1) is 0 Å². The molecule has 0 radical (unpaired) electrons. The van der Waals surface area contributed by atoms with Gasteiger partial charge < -0.3 is 140 Å². The monoisotopic (exact) mass is 2030 g/mol. The Kier molecular flexibility index (Phi) is 25.9. The second-order valence-corrected chi connectivity index (χ2v) is 41.6. The number of nitrogens with one attached hydrogen (secondary N) is 2. The van der Waals surface area contributed by atoms with Gasteiger partial charge in [-0.3, -0.25) is 24.0 Å². The summed E-state index contributed by atoms with van der Waals surface area (Å²) in [5.74, 6) is -3.05. The third-order valence-corrected chi connectivity index (χ3v) is 34.2. The summed E-state index contributed by atoms with van der Waals surface area (Å²) < 4.78 is 59.0. The van der Waals surface area contributed by atoms with Crippen molar-refractivity contribution in [1.29, 1.82) is 0 Å². The Bertz CT molecular complexity index is 6590. The lowest BCUT2D eigenvalue weighted by Crippen LogP contribution is -2.74. The number of aliphatic hydroxyl groups excluding tert-OH is 3. The third-order valence-electron chi connectivity index (χ3n) is 34.2. The van der Waals surface area contributed by atoms with Crippen molar-refractivity contribution in [1.82, 2.24) is 30.2 Å². The molecule has 4 fully saturated rings. The number of phenols is 4. The summed E-state index contributed by atoms with van der Waals surface area (Å²) in [6.07, 6.45) is 2.54. The van der Waals surface area contributed by atoms with E-state index in [1.54, 1.807) is 170 Å². The van der Waals surface area contributed by atoms with Gasteiger partial charge in [0.15, 0.2) is 94.8 Å². The summed E-state index contributed by atoms with van der Waals surface area (Å²) in [7, 11) is 8.02. The summed E-state index contributed by atoms with van der Waals surface area (Å²) >= 11 is 0. The predicted molar refractivity (Wildman–Crippen MR) is 525 cm³/mol. The number of carbonyl (C=O) groups excluding carboxylic acids is 8. The molecule has 15 N–H and O–H groups in total. The van der Waals surface area contributed by atoms with Crippen molar-refractivity contribution in [2.45, 2.75) is 226 Å². The van der Waals surface area contributed by atoms with Crippen LogP contribution >= 0.6 is 0 Å². The van der Waals surface area contributed by atoms with E-state index in [2.05, 4.69) is 30.2 Å². The number of hydrogen-bond acceptors (Lipinski definition) is 34. The second-order valence-electron chi connectivity index (χ2n) is 41.6. The van der Waals surface area contributed by atoms with Crippen LogP contribution in [0.3, 0.4) is 0 Å². The molecule has 2 amide bonds. The van der Waals surface area contributed by atoms with Crippen LogP contribution in [0.15, 0.2) is 217 Å². The number of ether oxygens (including phenoxy) is 10. The number of phenolic OH excluding ortho intramolecular Hbond substituents is 4. The van der Waals surface area contributed by atoms with Crippen molar-refractivity contribution in [2.24, 2.45) is 5.73 Å². The molecule has 36 heteroatoms. The molecule has 36 nitrogen and oxygen atoms in total. The molecule has 16 aliphatic rings. The molecule has 4 saturated heterocycles. The van der Waals surface area contributed by atoms with Crippen LogP contribution in [0.2, 0.25) is 0 Å². The van der Waals surface area contributed by atoms with Gasteiger partial charge in [0.25, 0.3) is 11.8 Å². The van der Waals surface area contributed by atoms with Gasteiger partial charge in [-0.15, -0.1) is 0 Å². The third kappa shape index (κ3) is 15.7. The minimum absolute atomic E-state index is 0.00647. The fourth-order valence-corrected chi connectivity index (χ4v) is 27.1. The van der Waals surface area contributed by atoms with E-state index in [0.717, 1.165) is 57.6 Å². The number of likely N-dealkylation sites (N-methyl/N-ethyl adjacent to an activating group) is 4. The molecule has 0 saturated carbocycles. The number of benzene rings is 8. The van der Waals surface area contributed by atoms with E-state index in [1.165, 1.54) is 6.92 Å². The quantitative estimate of drug-likeness (QED) is 0.0236. The molecule has 8 aliphatic carbocycles. The summed E-state index contributed by atoms with van der Waals surface area (Å²) in [6.45, 7) is 4.34. The first-order valence-corrected chi connectivity index (χ1v) is 50.3. The number of carbonyl (C=O) groups is 8. The number of aromatic hydroxyl groups is 4. The number of nitrogens with two attached hydrogens (primary N) is 1. The molecule has 8 heterocycles. The van der Waals surface area contributed by atoms with Crippen LogP contribution in [0.4, 0.5) is 0 Å². The van der Waals surface area contributed by atoms with E-state index in [-0.39, 0.29) is 110 Å². The number of aliphatic hydroxyl groups is 7. The van der Waals surface area contributed by atoms with E-state index in [1.807, 2.05) is 52.5 Å². The van der Waals surface area contributed by atoms with Crippen LogP contribution in [-0.4, -0.2) is 274 Å². The molecular weight excluding hydrogens is 1910 g/mol. The van der Waals surface area contributed by atoms with Gasteiger partial charge in [-0.2, -0.15) is 0 Å². The van der Waals surface area contributed by atoms with Crippen LogP contribution in [0.5, 0.6) is 46.0 Å². The van der Waals surface area contributed by atoms with E-state index in [0.29, 0.717) is 134 Å². The highest BCUT2D eigenvalue weighted by molar-refractivity contribution is 5.86. The fourth-order valence-electron chi connectivity index (χ4n) is 27.1. The van der Waals surface area contributed by atoms with Crippen LogP contribution in [0.25, 0.3) is 0 Å². The van der Waals surface area contributed by atoms with Crippen molar-refractivity contribution in [3.05, 3.63) is 284 Å². The fraction of sp³-hybridized carbons (Fsp3) is 0.429. The number of rotatable bonds is 23. The van der Waals surface area contributed by atoms with E-state index in [4.69, 9.17) is 53.1 Å². The average Bonchev–Trinajstić information content (AvgIpc) is 1.48. The first kappa shape index (κ1) is 100. The van der Waals surface area contributed by atoms with Gasteiger partial charge in [0, 0.05) is 97.3 Å². The number of hydrogen-bond donors (Lipinski definition) is 14. The van der Waals surface area contributed by atoms with Gasteiger partial charge in [-0.05, 0) is 200 Å². The number of nitrogens with zero attached hydrogens (tertiary/aromatic N) is 4. The number of likely N-dealkylation sites (tertiary alicyclic amines) is 4. The molecule has 148 heavy (non-hydrogen) atoms. The van der Waals surface area contributed by atoms with E-state index >= 15 is 0 Å². The van der Waals surface area contributed by atoms with Crippen LogP contribution in [-0.2, 0) is 114 Å². The molecule has 8 aromatic rings. The summed E-state index contributed by atoms with van der Waals surface area (Å²) in [5.41, 5.74) is 6.53. The lowest BCUT2D eigenvalue weighted by Gasteiger charge is -2.61. The van der Waals surface area contributed by atoms with Gasteiger partial charge in [0.05, 0.1) is 63.3 Å². The average molecular weight is 2030 g/mol. The largest absolute Gasteiger partial charge is 0.504 e. The van der Waals surface area contributed by atoms with Gasteiger partial charge in [0.1, 0.15) is 23.0 Å². The van der Waals surface area contributed by atoms with Gasteiger partial charge >= 0.3 is 35.8 Å². The Hall–Kier alpha value is -13.6. The van der Waals surface area contributed by atoms with Crippen molar-refractivity contribution < 1.29 is 142 Å². The standard InChI is InChI=1S/3C28H30N2O7.C28H29NO8/c1-30-14-12-27-22-17-7-8-18(31)24(22)37-25(27)19(9-11-28(27,34)20(30)15-17)35-26(33)23(36-21(32)10-13-29)16-5-3-2-4-6-16;2*1-30-14-12-27-22-17-7-8-18(31)24(22)37-25(27)19(9-11-28(27,35)20(30)15-17)36-21(32)10-13-29-26(34)23(33)16-5-3-2-4-6-16;1-15(35-26(33)22(31)16-6-4-3-5-7-16)25(32)36-19-10-11-28(34)20-14-17-8-9-18(30)23-21(17)27(28,24(19)37-23)12-13-29(20)2/h2-9,20,23,25,31,34H,10-15,29H2,1H3;2*2-9,20,23,25,31,33,35H,10-15H2,1H3,(H,29,34);3-10,15,20,22,24,30-31,34H,11-14H2,1-2H3/t20-,23+,25?,27?,28-;20-,23?,25?,27?,28-;20-,23+,25?,27?,28-;15-,20+,22-,24?,27?,28+/m1110/s1. The number of amides is 2. The molecule has 21 atom stereocenters. The molecule has 0 aromatic heterocycles. The van der Waals surface area contributed by atoms with Crippen LogP contribution < -0.4 is 35.3 Å². The minimum atomic E-state index is -1.54. The molecule has 8 aliphatic heterocycles. The second kappa shape index (κ2) is 38.2. The Balaban J connectivity index is 0.000000116. The Morgan fingerprint density at radius 3 is 0.953 bits per heavy atom. The molecule has 776 valence electrons. The zero-order valence-corrected chi connectivity index (χ0v) is 82.2. The van der Waals surface area contributed by atoms with Crippen molar-refractivity contribution in [2.75, 3.05) is 74.0 Å². The maximum Gasteiger partial charge on any atom is 0.357 e. The minimum Gasteiger partial charge on any atom is -0.504 e. The predicted octanol–water partition coefficient (Wildman–Crippen LogP) is 6.63. The first-order valence-electron chi connectivity index (χ1n) is 50.3. The summed E-state index contributed by atoms with van der Waals surface area (Å²) in [6, 6.07) is 47.4. The summed E-state index contributed by atoms with van der Waals surface area (Å²) in [5, 5.41) is 127. The zero-order valence-electron chi connectivity index (χ0n) is 82.2. The summed E-state index contributed by atoms with van der Waals surface area (Å²) in [4.78, 5) is 110. The van der Waals surface area contributed by atoms with Gasteiger partial charge in [-0.1, -0.05) is 146 Å². The highest BCUT2D eigenvalue weighted by atomic mass is 16.6. The lowest BCUT2D eigenvalue weighted by atomic mass is 9.50. The van der Waals surface area contributed by atoms with E-state index in [9.17, 15) is 94.5 Å². The maximum atomic E-state index is 13.5. The van der Waals surface area contributed by atoms with Gasteiger partial charge in [0.2, 0.25) is 6.10 Å². The smallest absolute Gasteiger partial charge is 0.357 e. The first-order chi connectivity index (χ1) is 71.0. The Labute approximate surface area is 851 Å². The van der Waals surface area contributed by atoms with Crippen LogP contribution in [0.1, 0.15) is 169 Å². The molecule has 4 spiro atoms. The number of piperidine rings is 4. The molecule has 24 rings (SSSR count).